The van der Waals surface area contributed by atoms with Crippen LogP contribution in [0.5, 0.6) is 0 Å². The number of hydrogen-bond acceptors (Lipinski definition) is 2. The topological polar surface area (TPSA) is 41.1 Å². The summed E-state index contributed by atoms with van der Waals surface area (Å²) in [5, 5.41) is 6.35. The first-order chi connectivity index (χ1) is 8.65. The number of halogens is 1. The van der Waals surface area contributed by atoms with Crippen molar-refractivity contribution in [3.8, 4) is 0 Å². The van der Waals surface area contributed by atoms with Crippen molar-refractivity contribution in [3.63, 3.8) is 0 Å². The van der Waals surface area contributed by atoms with Gasteiger partial charge in [-0.05, 0) is 50.1 Å². The van der Waals surface area contributed by atoms with Gasteiger partial charge in [-0.2, -0.15) is 0 Å². The number of amides is 1. The van der Waals surface area contributed by atoms with E-state index in [0.717, 1.165) is 28.7 Å². The lowest BCUT2D eigenvalue weighted by molar-refractivity contribution is -0.116. The predicted molar refractivity (Wildman–Crippen MR) is 77.8 cm³/mol. The van der Waals surface area contributed by atoms with Crippen LogP contribution in [0, 0.1) is 6.92 Å². The maximum absolute atomic E-state index is 11.9. The number of benzene rings is 1. The third kappa shape index (κ3) is 3.82. The predicted octanol–water partition coefficient (Wildman–Crippen LogP) is 3.23. The van der Waals surface area contributed by atoms with Crippen LogP contribution in [0.2, 0.25) is 0 Å². The average molecular weight is 311 g/mol. The Morgan fingerprint density at radius 2 is 2.33 bits per heavy atom. The van der Waals surface area contributed by atoms with E-state index in [4.69, 9.17) is 0 Å². The summed E-state index contributed by atoms with van der Waals surface area (Å²) in [5.41, 5.74) is 2.00. The van der Waals surface area contributed by atoms with E-state index < -0.39 is 0 Å². The van der Waals surface area contributed by atoms with Crippen molar-refractivity contribution in [3.05, 3.63) is 28.2 Å². The fraction of sp³-hybridized carbons (Fsp3) is 0.500. The van der Waals surface area contributed by atoms with Crippen LogP contribution in [-0.4, -0.2) is 18.5 Å². The van der Waals surface area contributed by atoms with Crippen LogP contribution in [0.4, 0.5) is 5.69 Å². The second-order valence-corrected chi connectivity index (χ2v) is 5.72. The summed E-state index contributed by atoms with van der Waals surface area (Å²) in [4.78, 5) is 11.9. The number of carbonyl (C=O) groups excluding carboxylic acids is 1. The second-order valence-electron chi connectivity index (χ2n) is 4.86. The molecule has 0 aliphatic carbocycles. The normalized spacial score (nSPS) is 19.6. The van der Waals surface area contributed by atoms with Crippen LogP contribution in [-0.2, 0) is 4.79 Å². The van der Waals surface area contributed by atoms with E-state index in [9.17, 15) is 4.79 Å². The van der Waals surface area contributed by atoms with Gasteiger partial charge in [0.25, 0.3) is 0 Å². The lowest BCUT2D eigenvalue weighted by Crippen LogP contribution is -2.36. The molecule has 1 aromatic rings. The summed E-state index contributed by atoms with van der Waals surface area (Å²) >= 11 is 3.45. The van der Waals surface area contributed by atoms with Crippen LogP contribution in [0.1, 0.15) is 31.2 Å². The minimum atomic E-state index is 0.0936. The summed E-state index contributed by atoms with van der Waals surface area (Å²) in [6, 6.07) is 6.21. The molecule has 0 aromatic heterocycles. The lowest BCUT2D eigenvalue weighted by atomic mass is 10.0. The van der Waals surface area contributed by atoms with Gasteiger partial charge in [0, 0.05) is 22.6 Å². The lowest BCUT2D eigenvalue weighted by Gasteiger charge is -2.22. The van der Waals surface area contributed by atoms with Gasteiger partial charge in [-0.1, -0.05) is 22.4 Å². The minimum Gasteiger partial charge on any atom is -0.326 e. The highest BCUT2D eigenvalue weighted by Crippen LogP contribution is 2.20. The minimum absolute atomic E-state index is 0.0936. The van der Waals surface area contributed by atoms with E-state index in [1.807, 2.05) is 25.1 Å². The van der Waals surface area contributed by atoms with Gasteiger partial charge in [0.2, 0.25) is 5.91 Å². The molecule has 0 saturated carbocycles. The van der Waals surface area contributed by atoms with Crippen LogP contribution in [0.15, 0.2) is 22.7 Å². The molecule has 98 valence electrons. The van der Waals surface area contributed by atoms with Crippen molar-refractivity contribution in [2.75, 3.05) is 11.9 Å². The van der Waals surface area contributed by atoms with Gasteiger partial charge in [0.05, 0.1) is 0 Å². The van der Waals surface area contributed by atoms with E-state index in [0.29, 0.717) is 12.5 Å². The van der Waals surface area contributed by atoms with Gasteiger partial charge in [0.15, 0.2) is 0 Å². The van der Waals surface area contributed by atoms with Gasteiger partial charge in [-0.15, -0.1) is 0 Å². The number of aryl methyl sites for hydroxylation is 1. The largest absolute Gasteiger partial charge is 0.326 e. The second kappa shape index (κ2) is 6.34. The third-order valence-electron chi connectivity index (χ3n) is 3.29. The first-order valence-corrected chi connectivity index (χ1v) is 7.24. The molecule has 1 amide bonds. The van der Waals surface area contributed by atoms with Crippen LogP contribution >= 0.6 is 15.9 Å². The molecule has 0 radical (unpaired) electrons. The molecule has 1 aliphatic heterocycles. The molecule has 1 heterocycles. The van der Waals surface area contributed by atoms with Crippen LogP contribution < -0.4 is 10.6 Å². The molecule has 18 heavy (non-hydrogen) atoms. The molecule has 2 N–H and O–H groups in total. The van der Waals surface area contributed by atoms with Crippen molar-refractivity contribution in [2.24, 2.45) is 0 Å². The summed E-state index contributed by atoms with van der Waals surface area (Å²) in [6.07, 6.45) is 4.12. The van der Waals surface area contributed by atoms with Crippen LogP contribution in [0.25, 0.3) is 0 Å². The van der Waals surface area contributed by atoms with E-state index >= 15 is 0 Å². The fourth-order valence-electron chi connectivity index (χ4n) is 2.26. The first kappa shape index (κ1) is 13.6. The highest BCUT2D eigenvalue weighted by molar-refractivity contribution is 9.10. The monoisotopic (exact) mass is 310 g/mol. The fourth-order valence-corrected chi connectivity index (χ4v) is 2.50. The number of nitrogens with one attached hydrogen (secondary N) is 2. The molecule has 0 spiro atoms. The molecule has 1 saturated heterocycles. The average Bonchev–Trinajstić information content (AvgIpc) is 2.35. The van der Waals surface area contributed by atoms with Gasteiger partial charge in [-0.25, -0.2) is 0 Å². The summed E-state index contributed by atoms with van der Waals surface area (Å²) in [6.45, 7) is 3.05. The summed E-state index contributed by atoms with van der Waals surface area (Å²) in [5.74, 6) is 0.0936. The molecular weight excluding hydrogens is 292 g/mol. The Hall–Kier alpha value is -0.870. The third-order valence-corrected chi connectivity index (χ3v) is 4.18. The van der Waals surface area contributed by atoms with E-state index in [2.05, 4.69) is 26.6 Å². The zero-order valence-electron chi connectivity index (χ0n) is 10.6. The zero-order valence-corrected chi connectivity index (χ0v) is 12.2. The smallest absolute Gasteiger partial charge is 0.225 e. The molecule has 1 fully saturated rings. The van der Waals surface area contributed by atoms with Crippen LogP contribution in [0.3, 0.4) is 0 Å². The Morgan fingerprint density at radius 3 is 3.00 bits per heavy atom. The van der Waals surface area contributed by atoms with Crippen molar-refractivity contribution in [2.45, 2.75) is 38.6 Å². The summed E-state index contributed by atoms with van der Waals surface area (Å²) < 4.78 is 1.06. The van der Waals surface area contributed by atoms with Crippen molar-refractivity contribution in [1.29, 1.82) is 0 Å². The Kier molecular flexibility index (Phi) is 4.78. The Labute approximate surface area is 116 Å². The maximum atomic E-state index is 11.9. The Balaban J connectivity index is 1.88. The van der Waals surface area contributed by atoms with Gasteiger partial charge in [-0.3, -0.25) is 4.79 Å². The highest BCUT2D eigenvalue weighted by Gasteiger charge is 2.16. The van der Waals surface area contributed by atoms with Gasteiger partial charge >= 0.3 is 0 Å². The van der Waals surface area contributed by atoms with Crippen molar-refractivity contribution < 1.29 is 4.79 Å². The summed E-state index contributed by atoms with van der Waals surface area (Å²) in [7, 11) is 0. The van der Waals surface area contributed by atoms with Gasteiger partial charge in [0.1, 0.15) is 0 Å². The zero-order chi connectivity index (χ0) is 13.0. The first-order valence-electron chi connectivity index (χ1n) is 6.44. The molecule has 0 bridgehead atoms. The molecule has 3 nitrogen and oxygen atoms in total. The Bertz CT molecular complexity index is 428. The maximum Gasteiger partial charge on any atom is 0.225 e. The Morgan fingerprint density at radius 1 is 1.50 bits per heavy atom. The van der Waals surface area contributed by atoms with E-state index in [1.165, 1.54) is 12.8 Å². The number of rotatable bonds is 3. The molecule has 1 aromatic carbocycles. The van der Waals surface area contributed by atoms with E-state index in [1.54, 1.807) is 0 Å². The van der Waals surface area contributed by atoms with Crippen molar-refractivity contribution in [1.82, 2.24) is 5.32 Å². The number of carbonyl (C=O) groups is 1. The van der Waals surface area contributed by atoms with Gasteiger partial charge < -0.3 is 10.6 Å². The molecule has 1 unspecified atom stereocenters. The quantitative estimate of drug-likeness (QED) is 0.900. The SMILES string of the molecule is Cc1cc(NC(=O)CC2CCCCN2)ccc1Br. The highest BCUT2D eigenvalue weighted by atomic mass is 79.9. The number of piperidine rings is 1. The van der Waals surface area contributed by atoms with E-state index in [-0.39, 0.29) is 5.91 Å². The molecule has 1 atom stereocenters. The molecule has 4 heteroatoms. The molecular formula is C14H19BrN2O. The number of hydrogen-bond donors (Lipinski definition) is 2. The molecule has 1 aliphatic rings. The molecule has 2 rings (SSSR count). The number of anilines is 1. The van der Waals surface area contributed by atoms with Crippen molar-refractivity contribution >= 4 is 27.5 Å². The standard InChI is InChI=1S/C14H19BrN2O/c1-10-8-12(5-6-13(10)15)17-14(18)9-11-4-2-3-7-16-11/h5-6,8,11,16H,2-4,7,9H2,1H3,(H,17,18).